The number of rotatable bonds is 3. The van der Waals surface area contributed by atoms with Gasteiger partial charge in [0.25, 0.3) is 5.90 Å². The van der Waals surface area contributed by atoms with Crippen LogP contribution in [0.25, 0.3) is 11.3 Å². The zero-order valence-corrected chi connectivity index (χ0v) is 16.0. The molecule has 27 heavy (non-hydrogen) atoms. The highest BCUT2D eigenvalue weighted by Gasteiger charge is 2.31. The van der Waals surface area contributed by atoms with Gasteiger partial charge in [0.1, 0.15) is 5.75 Å². The molecule has 0 saturated heterocycles. The Morgan fingerprint density at radius 1 is 1.11 bits per heavy atom. The minimum atomic E-state index is -0.377. The van der Waals surface area contributed by atoms with Gasteiger partial charge in [0.2, 0.25) is 0 Å². The number of benzene rings is 2. The van der Waals surface area contributed by atoms with E-state index in [-0.39, 0.29) is 11.5 Å². The molecule has 2 heterocycles. The van der Waals surface area contributed by atoms with Crippen LogP contribution in [0.2, 0.25) is 0 Å². The van der Waals surface area contributed by atoms with Crippen molar-refractivity contribution in [2.24, 2.45) is 4.99 Å². The Labute approximate surface area is 161 Å². The van der Waals surface area contributed by atoms with Gasteiger partial charge in [-0.3, -0.25) is 0 Å². The van der Waals surface area contributed by atoms with Crippen molar-refractivity contribution in [2.45, 2.75) is 19.4 Å². The summed E-state index contributed by atoms with van der Waals surface area (Å²) in [6.45, 7) is 4.13. The van der Waals surface area contributed by atoms with Gasteiger partial charge in [0.05, 0.1) is 23.9 Å². The Hall–Kier alpha value is -2.99. The standard InChI is InChI=1S/C21H18N2O3S/c1-21(2)15-6-4-5-7-17(15)26-18(23-21)19-22-16(12-27-19)13-8-10-14(11-9-13)20(24)25-3/h4-12H,1-3H3. The van der Waals surface area contributed by atoms with Crippen LogP contribution < -0.4 is 4.74 Å². The molecule has 2 aromatic carbocycles. The fraction of sp³-hybridized carbons (Fsp3) is 0.190. The van der Waals surface area contributed by atoms with Crippen molar-refractivity contribution in [1.82, 2.24) is 4.98 Å². The second kappa shape index (κ2) is 6.63. The van der Waals surface area contributed by atoms with Gasteiger partial charge in [0, 0.05) is 16.5 Å². The SMILES string of the molecule is COC(=O)c1ccc(-c2csc(C3=NC(C)(C)c4ccccc4O3)n2)cc1. The molecule has 1 aliphatic rings. The van der Waals surface area contributed by atoms with Gasteiger partial charge in [-0.25, -0.2) is 14.8 Å². The molecule has 0 fully saturated rings. The predicted molar refractivity (Wildman–Crippen MR) is 106 cm³/mol. The molecule has 0 unspecified atom stereocenters. The molecule has 0 N–H and O–H groups in total. The summed E-state index contributed by atoms with van der Waals surface area (Å²) in [7, 11) is 1.37. The molecule has 0 radical (unpaired) electrons. The summed E-state index contributed by atoms with van der Waals surface area (Å²) >= 11 is 1.48. The van der Waals surface area contributed by atoms with E-state index in [2.05, 4.69) is 18.8 Å². The summed E-state index contributed by atoms with van der Waals surface area (Å²) in [6.07, 6.45) is 0. The van der Waals surface area contributed by atoms with Crippen molar-refractivity contribution in [3.05, 3.63) is 70.0 Å². The molecule has 1 aromatic heterocycles. The predicted octanol–water partition coefficient (Wildman–Crippen LogP) is 4.67. The monoisotopic (exact) mass is 378 g/mol. The lowest BCUT2D eigenvalue weighted by atomic mass is 9.93. The van der Waals surface area contributed by atoms with Gasteiger partial charge < -0.3 is 9.47 Å². The van der Waals surface area contributed by atoms with E-state index in [1.165, 1.54) is 18.4 Å². The number of aromatic nitrogens is 1. The first-order valence-electron chi connectivity index (χ1n) is 8.50. The molecule has 3 aromatic rings. The minimum Gasteiger partial charge on any atom is -0.465 e. The van der Waals surface area contributed by atoms with Crippen molar-refractivity contribution in [1.29, 1.82) is 0 Å². The maximum atomic E-state index is 11.6. The first-order chi connectivity index (χ1) is 13.0. The summed E-state index contributed by atoms with van der Waals surface area (Å²) in [5, 5.41) is 2.69. The average molecular weight is 378 g/mol. The minimum absolute atomic E-state index is 0.355. The Kier molecular flexibility index (Phi) is 4.28. The second-order valence-electron chi connectivity index (χ2n) is 6.68. The number of nitrogens with zero attached hydrogens (tertiary/aromatic N) is 2. The molecule has 4 rings (SSSR count). The number of hydrogen-bond donors (Lipinski definition) is 0. The van der Waals surface area contributed by atoms with Crippen LogP contribution in [0.4, 0.5) is 0 Å². The summed E-state index contributed by atoms with van der Waals surface area (Å²) in [6, 6.07) is 15.1. The smallest absolute Gasteiger partial charge is 0.337 e. The normalized spacial score (nSPS) is 14.7. The molecule has 136 valence electrons. The Bertz CT molecular complexity index is 1040. The molecular weight excluding hydrogens is 360 g/mol. The summed E-state index contributed by atoms with van der Waals surface area (Å²) < 4.78 is 10.7. The number of methoxy groups -OCH3 is 1. The van der Waals surface area contributed by atoms with E-state index in [9.17, 15) is 4.79 Å². The van der Waals surface area contributed by atoms with Gasteiger partial charge in [-0.15, -0.1) is 11.3 Å². The quantitative estimate of drug-likeness (QED) is 0.621. The number of thiazole rings is 1. The van der Waals surface area contributed by atoms with Crippen LogP contribution in [-0.2, 0) is 10.3 Å². The number of para-hydroxylation sites is 1. The molecule has 0 amide bonds. The summed E-state index contributed by atoms with van der Waals surface area (Å²) in [5.41, 5.74) is 2.92. The van der Waals surface area contributed by atoms with Gasteiger partial charge >= 0.3 is 5.97 Å². The zero-order valence-electron chi connectivity index (χ0n) is 15.2. The molecule has 0 bridgehead atoms. The second-order valence-corrected chi connectivity index (χ2v) is 7.54. The Balaban J connectivity index is 1.64. The number of aliphatic imine (C=N–C) groups is 1. The molecular formula is C21H18N2O3S. The lowest BCUT2D eigenvalue weighted by Gasteiger charge is -2.28. The molecule has 5 nitrogen and oxygen atoms in total. The van der Waals surface area contributed by atoms with E-state index in [4.69, 9.17) is 14.5 Å². The molecule has 0 saturated carbocycles. The first-order valence-corrected chi connectivity index (χ1v) is 9.38. The molecule has 6 heteroatoms. The van der Waals surface area contributed by atoms with Crippen molar-refractivity contribution >= 4 is 23.2 Å². The number of fused-ring (bicyclic) bond motifs is 1. The van der Waals surface area contributed by atoms with Gasteiger partial charge in [-0.1, -0.05) is 30.3 Å². The van der Waals surface area contributed by atoms with Crippen LogP contribution in [0.15, 0.2) is 58.9 Å². The van der Waals surface area contributed by atoms with Crippen molar-refractivity contribution in [2.75, 3.05) is 7.11 Å². The van der Waals surface area contributed by atoms with E-state index >= 15 is 0 Å². The number of ether oxygens (including phenoxy) is 2. The Morgan fingerprint density at radius 3 is 2.59 bits per heavy atom. The molecule has 0 aliphatic carbocycles. The fourth-order valence-corrected chi connectivity index (χ4v) is 3.74. The number of hydrogen-bond acceptors (Lipinski definition) is 6. The number of esters is 1. The van der Waals surface area contributed by atoms with Gasteiger partial charge in [0.15, 0.2) is 5.01 Å². The van der Waals surface area contributed by atoms with Crippen LogP contribution in [0.5, 0.6) is 5.75 Å². The Morgan fingerprint density at radius 2 is 1.85 bits per heavy atom. The van der Waals surface area contributed by atoms with E-state index < -0.39 is 0 Å². The van der Waals surface area contributed by atoms with Crippen molar-refractivity contribution in [3.8, 4) is 17.0 Å². The van der Waals surface area contributed by atoms with E-state index in [0.717, 1.165) is 27.6 Å². The van der Waals surface area contributed by atoms with Crippen LogP contribution in [-0.4, -0.2) is 24.0 Å². The highest BCUT2D eigenvalue weighted by Crippen LogP contribution is 2.37. The summed E-state index contributed by atoms with van der Waals surface area (Å²) in [4.78, 5) is 21.0. The third kappa shape index (κ3) is 3.24. The van der Waals surface area contributed by atoms with Gasteiger partial charge in [-0.05, 0) is 32.0 Å². The average Bonchev–Trinajstić information content (AvgIpc) is 3.17. The topological polar surface area (TPSA) is 60.8 Å². The van der Waals surface area contributed by atoms with E-state index in [1.54, 1.807) is 12.1 Å². The lowest BCUT2D eigenvalue weighted by molar-refractivity contribution is 0.0601. The largest absolute Gasteiger partial charge is 0.465 e. The number of carbonyl (C=O) groups excluding carboxylic acids is 1. The maximum Gasteiger partial charge on any atom is 0.337 e. The molecule has 0 spiro atoms. The van der Waals surface area contributed by atoms with E-state index in [1.807, 2.05) is 41.8 Å². The van der Waals surface area contributed by atoms with E-state index in [0.29, 0.717) is 11.5 Å². The maximum absolute atomic E-state index is 11.6. The van der Waals surface area contributed by atoms with Gasteiger partial charge in [-0.2, -0.15) is 0 Å². The van der Waals surface area contributed by atoms with Crippen LogP contribution in [0.1, 0.15) is 34.8 Å². The first kappa shape index (κ1) is 17.4. The third-order valence-electron chi connectivity index (χ3n) is 4.42. The van der Waals surface area contributed by atoms with Crippen LogP contribution in [0.3, 0.4) is 0 Å². The van der Waals surface area contributed by atoms with Crippen LogP contribution >= 0.6 is 11.3 Å². The van der Waals surface area contributed by atoms with Crippen molar-refractivity contribution < 1.29 is 14.3 Å². The third-order valence-corrected chi connectivity index (χ3v) is 5.25. The van der Waals surface area contributed by atoms with Crippen LogP contribution in [0, 0.1) is 0 Å². The number of carbonyl (C=O) groups is 1. The summed E-state index contributed by atoms with van der Waals surface area (Å²) in [5.74, 6) is 0.985. The highest BCUT2D eigenvalue weighted by atomic mass is 32.1. The lowest BCUT2D eigenvalue weighted by Crippen LogP contribution is -2.27. The zero-order chi connectivity index (χ0) is 19.0. The highest BCUT2D eigenvalue weighted by molar-refractivity contribution is 7.12. The molecule has 1 aliphatic heterocycles. The fourth-order valence-electron chi connectivity index (χ4n) is 2.99. The van der Waals surface area contributed by atoms with Crippen molar-refractivity contribution in [3.63, 3.8) is 0 Å². The molecule has 0 atom stereocenters.